The molecule has 1 aromatic carbocycles. The number of benzene rings is 1. The summed E-state index contributed by atoms with van der Waals surface area (Å²) in [5.41, 5.74) is 2.49. The summed E-state index contributed by atoms with van der Waals surface area (Å²) in [6.45, 7) is 10.1. The molecule has 1 aliphatic heterocycles. The molecule has 33 heavy (non-hydrogen) atoms. The standard InChI is InChI=1S/C26H36N4O3/c1-18-15-22(29-16-18)25(32)30(21-10-8-20(9-11-21)26(2,3)4)23(19-7-6-12-27-17-19)24(31)28-13-14-33-5/h6-12,17-18,22-23,29H,13-16H2,1-5H3,(H,28,31)/t18-,22-,23?/m1/s1. The summed E-state index contributed by atoms with van der Waals surface area (Å²) in [6.07, 6.45) is 4.05. The predicted molar refractivity (Wildman–Crippen MR) is 130 cm³/mol. The molecule has 2 aromatic rings. The lowest BCUT2D eigenvalue weighted by molar-refractivity contribution is -0.127. The number of ether oxygens (including phenoxy) is 1. The van der Waals surface area contributed by atoms with Gasteiger partial charge >= 0.3 is 0 Å². The molecule has 2 amide bonds. The lowest BCUT2D eigenvalue weighted by atomic mass is 9.87. The highest BCUT2D eigenvalue weighted by atomic mass is 16.5. The lowest BCUT2D eigenvalue weighted by Gasteiger charge is -2.33. The Hall–Kier alpha value is -2.77. The molecule has 3 atom stereocenters. The minimum Gasteiger partial charge on any atom is -0.383 e. The maximum atomic E-state index is 13.9. The number of nitrogens with zero attached hydrogens (tertiary/aromatic N) is 2. The van der Waals surface area contributed by atoms with Crippen molar-refractivity contribution >= 4 is 17.5 Å². The number of hydrogen-bond acceptors (Lipinski definition) is 5. The van der Waals surface area contributed by atoms with Crippen LogP contribution in [0.3, 0.4) is 0 Å². The molecule has 1 aromatic heterocycles. The summed E-state index contributed by atoms with van der Waals surface area (Å²) in [6, 6.07) is 10.4. The van der Waals surface area contributed by atoms with E-state index in [1.807, 2.05) is 30.3 Å². The van der Waals surface area contributed by atoms with Crippen molar-refractivity contribution in [2.75, 3.05) is 31.7 Å². The molecule has 1 unspecified atom stereocenters. The Morgan fingerprint density at radius 2 is 1.97 bits per heavy atom. The van der Waals surface area contributed by atoms with E-state index in [0.717, 1.165) is 18.5 Å². The van der Waals surface area contributed by atoms with E-state index < -0.39 is 6.04 Å². The lowest BCUT2D eigenvalue weighted by Crippen LogP contribution is -2.50. The highest BCUT2D eigenvalue weighted by Crippen LogP contribution is 2.32. The Morgan fingerprint density at radius 1 is 1.24 bits per heavy atom. The number of rotatable bonds is 8. The van der Waals surface area contributed by atoms with Gasteiger partial charge in [-0.3, -0.25) is 19.5 Å². The number of carbonyl (C=O) groups excluding carboxylic acids is 2. The Kier molecular flexibility index (Phi) is 8.21. The van der Waals surface area contributed by atoms with Crippen molar-refractivity contribution in [3.8, 4) is 0 Å². The minimum absolute atomic E-state index is 0.0178. The van der Waals surface area contributed by atoms with Gasteiger partial charge in [0.25, 0.3) is 0 Å². The van der Waals surface area contributed by atoms with Gasteiger partial charge in [-0.2, -0.15) is 0 Å². The van der Waals surface area contributed by atoms with Gasteiger partial charge in [-0.15, -0.1) is 0 Å². The fourth-order valence-corrected chi connectivity index (χ4v) is 4.12. The van der Waals surface area contributed by atoms with Gasteiger partial charge in [0.05, 0.1) is 12.6 Å². The Balaban J connectivity index is 2.05. The van der Waals surface area contributed by atoms with Gasteiger partial charge in [-0.1, -0.05) is 45.9 Å². The highest BCUT2D eigenvalue weighted by Gasteiger charge is 2.38. The molecule has 178 valence electrons. The van der Waals surface area contributed by atoms with Gasteiger partial charge in [0.2, 0.25) is 11.8 Å². The summed E-state index contributed by atoms with van der Waals surface area (Å²) in [4.78, 5) is 33.1. The Morgan fingerprint density at radius 3 is 2.52 bits per heavy atom. The summed E-state index contributed by atoms with van der Waals surface area (Å²) >= 11 is 0. The molecule has 1 fully saturated rings. The van der Waals surface area contributed by atoms with Crippen LogP contribution in [0.2, 0.25) is 0 Å². The van der Waals surface area contributed by atoms with Crippen molar-refractivity contribution in [3.63, 3.8) is 0 Å². The van der Waals surface area contributed by atoms with Gasteiger partial charge in [0.15, 0.2) is 0 Å². The summed E-state index contributed by atoms with van der Waals surface area (Å²) in [5.74, 6) is 0.0226. The van der Waals surface area contributed by atoms with Crippen molar-refractivity contribution in [1.29, 1.82) is 0 Å². The van der Waals surface area contributed by atoms with E-state index in [-0.39, 0.29) is 23.3 Å². The number of aromatic nitrogens is 1. The van der Waals surface area contributed by atoms with Gasteiger partial charge in [-0.25, -0.2) is 0 Å². The number of methoxy groups -OCH3 is 1. The van der Waals surface area contributed by atoms with E-state index in [2.05, 4.69) is 43.3 Å². The summed E-state index contributed by atoms with van der Waals surface area (Å²) < 4.78 is 5.09. The van der Waals surface area contributed by atoms with Gasteiger partial charge in [-0.05, 0) is 48.1 Å². The first-order valence-electron chi connectivity index (χ1n) is 11.6. The maximum Gasteiger partial charge on any atom is 0.247 e. The third-order valence-electron chi connectivity index (χ3n) is 6.01. The van der Waals surface area contributed by atoms with E-state index in [1.165, 1.54) is 0 Å². The van der Waals surface area contributed by atoms with Crippen LogP contribution < -0.4 is 15.5 Å². The first-order chi connectivity index (χ1) is 15.7. The van der Waals surface area contributed by atoms with Crippen LogP contribution in [0.25, 0.3) is 0 Å². The second-order valence-corrected chi connectivity index (χ2v) is 9.78. The molecule has 2 N–H and O–H groups in total. The van der Waals surface area contributed by atoms with E-state index in [1.54, 1.807) is 30.5 Å². The first kappa shape index (κ1) is 24.9. The molecule has 1 saturated heterocycles. The molecule has 0 aliphatic carbocycles. The Labute approximate surface area is 196 Å². The molecular formula is C26H36N4O3. The van der Waals surface area contributed by atoms with Crippen LogP contribution in [0.5, 0.6) is 0 Å². The molecule has 0 saturated carbocycles. The fraction of sp³-hybridized carbons (Fsp3) is 0.500. The average Bonchev–Trinajstić information content (AvgIpc) is 3.23. The number of carbonyl (C=O) groups is 2. The Bertz CT molecular complexity index is 925. The van der Waals surface area contributed by atoms with Crippen molar-refractivity contribution in [2.24, 2.45) is 5.92 Å². The van der Waals surface area contributed by atoms with Crippen molar-refractivity contribution in [3.05, 3.63) is 59.9 Å². The van der Waals surface area contributed by atoms with Crippen LogP contribution in [-0.4, -0.2) is 49.6 Å². The number of anilines is 1. The van der Waals surface area contributed by atoms with Crippen molar-refractivity contribution < 1.29 is 14.3 Å². The van der Waals surface area contributed by atoms with Crippen LogP contribution in [0.1, 0.15) is 51.3 Å². The van der Waals surface area contributed by atoms with Crippen LogP contribution in [0.15, 0.2) is 48.8 Å². The number of nitrogens with one attached hydrogen (secondary N) is 2. The fourth-order valence-electron chi connectivity index (χ4n) is 4.12. The smallest absolute Gasteiger partial charge is 0.247 e. The SMILES string of the molecule is COCCNC(=O)C(c1cccnc1)N(C(=O)[C@H]1C[C@@H](C)CN1)c1ccc(C(C)(C)C)cc1. The zero-order valence-corrected chi connectivity index (χ0v) is 20.3. The molecule has 0 spiro atoms. The molecule has 2 heterocycles. The second kappa shape index (κ2) is 10.9. The number of hydrogen-bond donors (Lipinski definition) is 2. The van der Waals surface area contributed by atoms with Crippen molar-refractivity contribution in [2.45, 2.75) is 51.6 Å². The number of pyridine rings is 1. The summed E-state index contributed by atoms with van der Waals surface area (Å²) in [5, 5.41) is 6.25. The van der Waals surface area contributed by atoms with Gasteiger partial charge < -0.3 is 15.4 Å². The van der Waals surface area contributed by atoms with Gasteiger partial charge in [0, 0.05) is 37.3 Å². The topological polar surface area (TPSA) is 83.6 Å². The van der Waals surface area contributed by atoms with Crippen LogP contribution in [0.4, 0.5) is 5.69 Å². The van der Waals surface area contributed by atoms with E-state index in [0.29, 0.717) is 30.3 Å². The van der Waals surface area contributed by atoms with Crippen molar-refractivity contribution in [1.82, 2.24) is 15.6 Å². The van der Waals surface area contributed by atoms with Crippen LogP contribution >= 0.6 is 0 Å². The number of amides is 2. The quantitative estimate of drug-likeness (QED) is 0.601. The molecule has 0 bridgehead atoms. The zero-order chi connectivity index (χ0) is 24.0. The largest absolute Gasteiger partial charge is 0.383 e. The molecule has 1 aliphatic rings. The van der Waals surface area contributed by atoms with Crippen LogP contribution in [0, 0.1) is 5.92 Å². The molecule has 7 nitrogen and oxygen atoms in total. The third kappa shape index (κ3) is 6.18. The average molecular weight is 453 g/mol. The third-order valence-corrected chi connectivity index (χ3v) is 6.01. The second-order valence-electron chi connectivity index (χ2n) is 9.78. The molecule has 0 radical (unpaired) electrons. The minimum atomic E-state index is -0.846. The van der Waals surface area contributed by atoms with E-state index in [9.17, 15) is 9.59 Å². The van der Waals surface area contributed by atoms with Gasteiger partial charge in [0.1, 0.15) is 6.04 Å². The van der Waals surface area contributed by atoms with E-state index >= 15 is 0 Å². The predicted octanol–water partition coefficient (Wildman–Crippen LogP) is 3.21. The monoisotopic (exact) mass is 452 g/mol. The first-order valence-corrected chi connectivity index (χ1v) is 11.6. The molecular weight excluding hydrogens is 416 g/mol. The van der Waals surface area contributed by atoms with Crippen LogP contribution in [-0.2, 0) is 19.7 Å². The highest BCUT2D eigenvalue weighted by molar-refractivity contribution is 6.03. The van der Waals surface area contributed by atoms with E-state index in [4.69, 9.17) is 4.74 Å². The molecule has 7 heteroatoms. The maximum absolute atomic E-state index is 13.9. The normalized spacial score (nSPS) is 19.2. The zero-order valence-electron chi connectivity index (χ0n) is 20.3. The molecule has 3 rings (SSSR count). The summed E-state index contributed by atoms with van der Waals surface area (Å²) in [7, 11) is 1.59.